The average molecular weight is 487 g/mol. The van der Waals surface area contributed by atoms with Crippen LogP contribution in [0.15, 0.2) is 42.5 Å². The van der Waals surface area contributed by atoms with E-state index in [9.17, 15) is 18.7 Å². The van der Waals surface area contributed by atoms with Crippen molar-refractivity contribution in [2.75, 3.05) is 39.4 Å². The van der Waals surface area contributed by atoms with Crippen LogP contribution in [0.1, 0.15) is 49.9 Å². The Morgan fingerprint density at radius 3 is 2.43 bits per heavy atom. The van der Waals surface area contributed by atoms with E-state index in [-0.39, 0.29) is 24.4 Å². The fourth-order valence-electron chi connectivity index (χ4n) is 5.13. The second-order valence-electron chi connectivity index (χ2n) is 10.4. The van der Waals surface area contributed by atoms with Crippen LogP contribution < -0.4 is 4.74 Å². The van der Waals surface area contributed by atoms with Crippen molar-refractivity contribution in [3.05, 3.63) is 53.8 Å². The number of rotatable bonds is 8. The number of benzene rings is 2. The van der Waals surface area contributed by atoms with Gasteiger partial charge in [-0.1, -0.05) is 12.1 Å². The van der Waals surface area contributed by atoms with Crippen LogP contribution in [0.2, 0.25) is 0 Å². The number of likely N-dealkylation sites (tertiary alicyclic amines) is 2. The number of aliphatic hydroxyl groups is 1. The Hall–Kier alpha value is -2.51. The lowest BCUT2D eigenvalue weighted by molar-refractivity contribution is 0.0677. The lowest BCUT2D eigenvalue weighted by Gasteiger charge is -2.34. The molecule has 0 aromatic heterocycles. The van der Waals surface area contributed by atoms with Crippen molar-refractivity contribution in [3.63, 3.8) is 0 Å². The van der Waals surface area contributed by atoms with Gasteiger partial charge in [0.05, 0.1) is 19.3 Å². The van der Waals surface area contributed by atoms with E-state index in [4.69, 9.17) is 4.74 Å². The van der Waals surface area contributed by atoms with E-state index in [1.165, 1.54) is 6.07 Å². The fraction of sp³-hybridized carbons (Fsp3) is 0.536. The number of aliphatic hydroxyl groups excluding tert-OH is 1. The molecule has 0 unspecified atom stereocenters. The minimum atomic E-state index is -1.19. The van der Waals surface area contributed by atoms with Gasteiger partial charge >= 0.3 is 0 Å². The van der Waals surface area contributed by atoms with E-state index >= 15 is 0 Å². The maximum absolute atomic E-state index is 14.9. The molecule has 0 saturated carbocycles. The molecule has 5 nitrogen and oxygen atoms in total. The van der Waals surface area contributed by atoms with Gasteiger partial charge in [0.25, 0.3) is 5.91 Å². The van der Waals surface area contributed by atoms with Gasteiger partial charge in [-0.25, -0.2) is 8.78 Å². The van der Waals surface area contributed by atoms with E-state index in [1.54, 1.807) is 55.1 Å². The fourth-order valence-corrected chi connectivity index (χ4v) is 5.13. The zero-order chi connectivity index (χ0) is 25.0. The normalized spacial score (nSPS) is 19.8. The summed E-state index contributed by atoms with van der Waals surface area (Å²) in [6.45, 7) is 6.51. The van der Waals surface area contributed by atoms with E-state index < -0.39 is 5.67 Å². The van der Waals surface area contributed by atoms with Gasteiger partial charge in [-0.15, -0.1) is 0 Å². The molecule has 1 N–H and O–H groups in total. The molecule has 35 heavy (non-hydrogen) atoms. The summed E-state index contributed by atoms with van der Waals surface area (Å²) in [6, 6.07) is 11.7. The predicted molar refractivity (Wildman–Crippen MR) is 133 cm³/mol. The van der Waals surface area contributed by atoms with E-state index in [1.807, 2.05) is 0 Å². The van der Waals surface area contributed by atoms with Gasteiger partial charge in [-0.05, 0) is 88.4 Å². The molecule has 2 heterocycles. The molecule has 2 aliphatic heterocycles. The summed E-state index contributed by atoms with van der Waals surface area (Å²) in [5.74, 6) is 0.398. The van der Waals surface area contributed by atoms with Gasteiger partial charge in [0, 0.05) is 30.3 Å². The smallest absolute Gasteiger partial charge is 0.254 e. The highest BCUT2D eigenvalue weighted by Crippen LogP contribution is 2.29. The average Bonchev–Trinajstić information content (AvgIpc) is 3.31. The molecule has 4 rings (SSSR count). The third kappa shape index (κ3) is 6.58. The van der Waals surface area contributed by atoms with Crippen LogP contribution in [0, 0.1) is 11.7 Å². The molecule has 0 aliphatic carbocycles. The van der Waals surface area contributed by atoms with Crippen molar-refractivity contribution >= 4 is 5.91 Å². The van der Waals surface area contributed by atoms with Gasteiger partial charge in [0.1, 0.15) is 17.2 Å². The highest BCUT2D eigenvalue weighted by molar-refractivity contribution is 5.95. The second kappa shape index (κ2) is 11.0. The van der Waals surface area contributed by atoms with Crippen LogP contribution in [0.25, 0.3) is 11.1 Å². The minimum absolute atomic E-state index is 0.0276. The molecule has 1 atom stereocenters. The molecule has 2 fully saturated rings. The number of carbonyl (C=O) groups is 1. The molecule has 2 aromatic carbocycles. The van der Waals surface area contributed by atoms with E-state index in [0.717, 1.165) is 38.8 Å². The lowest BCUT2D eigenvalue weighted by atomic mass is 9.97. The van der Waals surface area contributed by atoms with E-state index in [0.29, 0.717) is 48.1 Å². The Bertz CT molecular complexity index is 998. The molecule has 1 amide bonds. The van der Waals surface area contributed by atoms with Gasteiger partial charge in [0.2, 0.25) is 0 Å². The molecule has 0 spiro atoms. The van der Waals surface area contributed by atoms with Crippen molar-refractivity contribution < 1.29 is 23.4 Å². The highest BCUT2D eigenvalue weighted by atomic mass is 19.1. The minimum Gasteiger partial charge on any atom is -0.493 e. The Kier molecular flexibility index (Phi) is 8.07. The summed E-state index contributed by atoms with van der Waals surface area (Å²) in [7, 11) is 0. The molecule has 7 heteroatoms. The molecule has 2 saturated heterocycles. The summed E-state index contributed by atoms with van der Waals surface area (Å²) in [6.07, 6.45) is 3.60. The van der Waals surface area contributed by atoms with Crippen LogP contribution in [-0.2, 0) is 0 Å². The number of ether oxygens (including phenoxy) is 1. The molecule has 2 aromatic rings. The maximum atomic E-state index is 14.9. The van der Waals surface area contributed by atoms with Crippen LogP contribution in [-0.4, -0.2) is 71.9 Å². The van der Waals surface area contributed by atoms with Gasteiger partial charge in [0.15, 0.2) is 0 Å². The number of amides is 1. The first kappa shape index (κ1) is 25.6. The van der Waals surface area contributed by atoms with Crippen molar-refractivity contribution in [1.29, 1.82) is 0 Å². The van der Waals surface area contributed by atoms with Gasteiger partial charge < -0.3 is 19.6 Å². The van der Waals surface area contributed by atoms with Gasteiger partial charge in [-0.2, -0.15) is 0 Å². The lowest BCUT2D eigenvalue weighted by Crippen LogP contribution is -2.41. The van der Waals surface area contributed by atoms with E-state index in [2.05, 4.69) is 4.90 Å². The topological polar surface area (TPSA) is 53.0 Å². The molecule has 190 valence electrons. The molecular weight excluding hydrogens is 450 g/mol. The zero-order valence-electron chi connectivity index (χ0n) is 20.7. The van der Waals surface area contributed by atoms with Gasteiger partial charge in [-0.3, -0.25) is 4.79 Å². The Morgan fingerprint density at radius 1 is 1.09 bits per heavy atom. The predicted octanol–water partition coefficient (Wildman–Crippen LogP) is 4.93. The molecule has 2 aliphatic rings. The largest absolute Gasteiger partial charge is 0.493 e. The number of halogens is 2. The Labute approximate surface area is 206 Å². The first-order valence-electron chi connectivity index (χ1n) is 12.6. The van der Waals surface area contributed by atoms with Crippen molar-refractivity contribution in [2.24, 2.45) is 5.92 Å². The number of hydrogen-bond donors (Lipinski definition) is 1. The number of hydrogen-bond acceptors (Lipinski definition) is 4. The third-order valence-corrected chi connectivity index (χ3v) is 7.02. The quantitative estimate of drug-likeness (QED) is 0.575. The Balaban J connectivity index is 1.32. The Morgan fingerprint density at radius 2 is 1.80 bits per heavy atom. The van der Waals surface area contributed by atoms with Crippen LogP contribution in [0.4, 0.5) is 8.78 Å². The van der Waals surface area contributed by atoms with Crippen molar-refractivity contribution in [1.82, 2.24) is 9.80 Å². The highest BCUT2D eigenvalue weighted by Gasteiger charge is 2.29. The summed E-state index contributed by atoms with van der Waals surface area (Å²) in [5, 5.41) is 9.48. The summed E-state index contributed by atoms with van der Waals surface area (Å²) < 4.78 is 34.6. The van der Waals surface area contributed by atoms with Crippen LogP contribution >= 0.6 is 0 Å². The van der Waals surface area contributed by atoms with Crippen LogP contribution in [0.5, 0.6) is 5.75 Å². The SMILES string of the molecule is CC(C)(F)CN1CCC(COc2ccc(-c3ccc(C(=O)N4CCC[C@@H]4CO)cc3)c(F)c2)CC1. The van der Waals surface area contributed by atoms with Crippen molar-refractivity contribution in [2.45, 2.75) is 51.2 Å². The molecule has 0 bridgehead atoms. The molecule has 0 radical (unpaired) electrons. The number of carbonyl (C=O) groups excluding carboxylic acids is 1. The monoisotopic (exact) mass is 486 g/mol. The number of nitrogens with zero attached hydrogens (tertiary/aromatic N) is 2. The second-order valence-corrected chi connectivity index (χ2v) is 10.4. The number of piperidine rings is 1. The third-order valence-electron chi connectivity index (χ3n) is 7.02. The summed E-state index contributed by atoms with van der Waals surface area (Å²) in [5.41, 5.74) is 0.493. The van der Waals surface area contributed by atoms with Crippen LogP contribution in [0.3, 0.4) is 0 Å². The zero-order valence-corrected chi connectivity index (χ0v) is 20.7. The molecular formula is C28H36F2N2O3. The first-order chi connectivity index (χ1) is 16.7. The first-order valence-corrected chi connectivity index (χ1v) is 12.6. The number of alkyl halides is 1. The van der Waals surface area contributed by atoms with Crippen molar-refractivity contribution in [3.8, 4) is 16.9 Å². The summed E-state index contributed by atoms with van der Waals surface area (Å²) in [4.78, 5) is 16.6. The summed E-state index contributed by atoms with van der Waals surface area (Å²) >= 11 is 0. The standard InChI is InChI=1S/C28H36F2N2O3/c1-28(2,30)19-31-14-11-20(12-15-31)18-35-24-9-10-25(26(29)16-24)21-5-7-22(8-6-21)27(34)32-13-3-4-23(32)17-33/h5-10,16,20,23,33H,3-4,11-15,17-19H2,1-2H3/t23-/m1/s1. The maximum Gasteiger partial charge on any atom is 0.254 e.